The van der Waals surface area contributed by atoms with Gasteiger partial charge >= 0.3 is 11.8 Å². The van der Waals surface area contributed by atoms with Gasteiger partial charge < -0.3 is 4.90 Å². The number of hydrogen-bond acceptors (Lipinski definition) is 1. The van der Waals surface area contributed by atoms with Crippen LogP contribution in [0.3, 0.4) is 0 Å². The summed E-state index contributed by atoms with van der Waals surface area (Å²) in [5.41, 5.74) is 0.903. The molecule has 2 aromatic carbocycles. The second kappa shape index (κ2) is 4.16. The van der Waals surface area contributed by atoms with E-state index in [1.807, 2.05) is 30.3 Å². The highest BCUT2D eigenvalue weighted by molar-refractivity contribution is 6.05. The maximum atomic E-state index is 13.9. The van der Waals surface area contributed by atoms with Gasteiger partial charge in [0.15, 0.2) is 0 Å². The number of para-hydroxylation sites is 1. The summed E-state index contributed by atoms with van der Waals surface area (Å²) in [6.07, 6.45) is 0. The third-order valence-electron chi connectivity index (χ3n) is 3.23. The standard InChI is InChI=1S/C15H11F2NO/c16-15(17)12-8-4-5-9-13(12)18(14(15)19)10-11-6-2-1-3-7-11/h1-9H,10H2. The molecule has 1 heterocycles. The van der Waals surface area contributed by atoms with Crippen LogP contribution >= 0.6 is 0 Å². The number of carbonyl (C=O) groups excluding carboxylic acids is 1. The lowest BCUT2D eigenvalue weighted by Gasteiger charge is -2.17. The lowest BCUT2D eigenvalue weighted by Crippen LogP contribution is -2.34. The molecule has 0 bridgehead atoms. The van der Waals surface area contributed by atoms with Crippen molar-refractivity contribution in [2.45, 2.75) is 12.5 Å². The summed E-state index contributed by atoms with van der Waals surface area (Å²) in [6, 6.07) is 15.1. The van der Waals surface area contributed by atoms with Gasteiger partial charge in [0, 0.05) is 0 Å². The SMILES string of the molecule is O=C1N(Cc2ccccc2)c2ccccc2C1(F)F. The monoisotopic (exact) mass is 259 g/mol. The maximum Gasteiger partial charge on any atom is 0.352 e. The van der Waals surface area contributed by atoms with Gasteiger partial charge in [0.25, 0.3) is 0 Å². The van der Waals surface area contributed by atoms with Gasteiger partial charge in [-0.3, -0.25) is 4.79 Å². The quantitative estimate of drug-likeness (QED) is 0.810. The van der Waals surface area contributed by atoms with E-state index in [0.717, 1.165) is 10.5 Å². The second-order valence-corrected chi connectivity index (χ2v) is 4.47. The summed E-state index contributed by atoms with van der Waals surface area (Å²) in [7, 11) is 0. The number of carbonyl (C=O) groups is 1. The first-order valence-corrected chi connectivity index (χ1v) is 5.94. The summed E-state index contributed by atoms with van der Waals surface area (Å²) in [5.74, 6) is -4.58. The van der Waals surface area contributed by atoms with Gasteiger partial charge in [-0.2, -0.15) is 8.78 Å². The number of benzene rings is 2. The predicted molar refractivity (Wildman–Crippen MR) is 68.0 cm³/mol. The average Bonchev–Trinajstić information content (AvgIpc) is 2.62. The van der Waals surface area contributed by atoms with Gasteiger partial charge in [-0.1, -0.05) is 48.5 Å². The minimum Gasteiger partial charge on any atom is -0.302 e. The molecule has 3 rings (SSSR count). The molecule has 1 amide bonds. The average molecular weight is 259 g/mol. The smallest absolute Gasteiger partial charge is 0.302 e. The second-order valence-electron chi connectivity index (χ2n) is 4.47. The summed E-state index contributed by atoms with van der Waals surface area (Å²) >= 11 is 0. The zero-order chi connectivity index (χ0) is 13.5. The first-order valence-electron chi connectivity index (χ1n) is 5.94. The molecule has 2 aromatic rings. The van der Waals surface area contributed by atoms with Gasteiger partial charge in [0.1, 0.15) is 0 Å². The molecule has 0 aliphatic carbocycles. The van der Waals surface area contributed by atoms with Crippen molar-refractivity contribution < 1.29 is 13.6 Å². The zero-order valence-corrected chi connectivity index (χ0v) is 10.0. The van der Waals surface area contributed by atoms with Crippen molar-refractivity contribution in [1.82, 2.24) is 0 Å². The first-order chi connectivity index (χ1) is 9.10. The molecular weight excluding hydrogens is 248 g/mol. The molecule has 4 heteroatoms. The van der Waals surface area contributed by atoms with Crippen molar-refractivity contribution in [3.63, 3.8) is 0 Å². The Hall–Kier alpha value is -2.23. The zero-order valence-electron chi connectivity index (χ0n) is 10.0. The molecule has 0 radical (unpaired) electrons. The topological polar surface area (TPSA) is 20.3 Å². The van der Waals surface area contributed by atoms with Gasteiger partial charge in [0.05, 0.1) is 17.8 Å². The van der Waals surface area contributed by atoms with Crippen LogP contribution in [-0.2, 0) is 17.3 Å². The lowest BCUT2D eigenvalue weighted by molar-refractivity contribution is -0.141. The number of nitrogens with zero attached hydrogens (tertiary/aromatic N) is 1. The minimum absolute atomic E-state index is 0.159. The fourth-order valence-corrected chi connectivity index (χ4v) is 2.29. The predicted octanol–water partition coefficient (Wildman–Crippen LogP) is 3.33. The van der Waals surface area contributed by atoms with E-state index in [1.165, 1.54) is 12.1 Å². The van der Waals surface area contributed by atoms with Gasteiger partial charge in [0.2, 0.25) is 0 Å². The molecule has 96 valence electrons. The van der Waals surface area contributed by atoms with E-state index in [0.29, 0.717) is 5.69 Å². The molecule has 2 nitrogen and oxygen atoms in total. The van der Waals surface area contributed by atoms with Crippen molar-refractivity contribution >= 4 is 11.6 Å². The fourth-order valence-electron chi connectivity index (χ4n) is 2.29. The molecular formula is C15H11F2NO. The molecule has 0 unspecified atom stereocenters. The van der Waals surface area contributed by atoms with Crippen LogP contribution in [0.15, 0.2) is 54.6 Å². The largest absolute Gasteiger partial charge is 0.352 e. The summed E-state index contributed by atoms with van der Waals surface area (Å²) in [5, 5.41) is 0. The fraction of sp³-hybridized carbons (Fsp3) is 0.133. The number of hydrogen-bond donors (Lipinski definition) is 0. The van der Waals surface area contributed by atoms with Crippen LogP contribution in [0, 0.1) is 0 Å². The number of fused-ring (bicyclic) bond motifs is 1. The number of anilines is 1. The van der Waals surface area contributed by atoms with Crippen LogP contribution in [-0.4, -0.2) is 5.91 Å². The Morgan fingerprint density at radius 3 is 2.32 bits per heavy atom. The Morgan fingerprint density at radius 1 is 0.947 bits per heavy atom. The Balaban J connectivity index is 2.02. The van der Waals surface area contributed by atoms with E-state index in [9.17, 15) is 13.6 Å². The molecule has 0 spiro atoms. The Bertz CT molecular complexity index is 625. The van der Waals surface area contributed by atoms with E-state index in [4.69, 9.17) is 0 Å². The highest BCUT2D eigenvalue weighted by Crippen LogP contribution is 2.44. The van der Waals surface area contributed by atoms with Gasteiger partial charge in [-0.25, -0.2) is 0 Å². The molecule has 0 N–H and O–H groups in total. The third-order valence-corrected chi connectivity index (χ3v) is 3.23. The number of halogens is 2. The molecule has 0 atom stereocenters. The molecule has 1 aliphatic heterocycles. The highest BCUT2D eigenvalue weighted by atomic mass is 19.3. The molecule has 0 saturated heterocycles. The van der Waals surface area contributed by atoms with Crippen molar-refractivity contribution in [1.29, 1.82) is 0 Å². The number of amides is 1. The van der Waals surface area contributed by atoms with Crippen LogP contribution in [0.5, 0.6) is 0 Å². The molecule has 0 fully saturated rings. The number of rotatable bonds is 2. The summed E-state index contributed by atoms with van der Waals surface area (Å²) < 4.78 is 27.8. The Morgan fingerprint density at radius 2 is 1.58 bits per heavy atom. The molecule has 0 saturated carbocycles. The van der Waals surface area contributed by atoms with E-state index in [2.05, 4.69) is 0 Å². The van der Waals surface area contributed by atoms with E-state index in [1.54, 1.807) is 12.1 Å². The van der Waals surface area contributed by atoms with Crippen LogP contribution in [0.2, 0.25) is 0 Å². The molecule has 0 aromatic heterocycles. The van der Waals surface area contributed by atoms with E-state index < -0.39 is 11.8 Å². The molecule has 1 aliphatic rings. The summed E-state index contributed by atoms with van der Waals surface area (Å²) in [4.78, 5) is 13.0. The van der Waals surface area contributed by atoms with Crippen molar-refractivity contribution in [2.24, 2.45) is 0 Å². The van der Waals surface area contributed by atoms with E-state index >= 15 is 0 Å². The van der Waals surface area contributed by atoms with Crippen LogP contribution < -0.4 is 4.90 Å². The van der Waals surface area contributed by atoms with Crippen LogP contribution in [0.4, 0.5) is 14.5 Å². The third kappa shape index (κ3) is 1.80. The summed E-state index contributed by atoms with van der Waals surface area (Å²) in [6.45, 7) is 0.159. The Kier molecular flexibility index (Phi) is 2.59. The highest BCUT2D eigenvalue weighted by Gasteiger charge is 2.52. The van der Waals surface area contributed by atoms with Crippen molar-refractivity contribution in [3.8, 4) is 0 Å². The van der Waals surface area contributed by atoms with E-state index in [-0.39, 0.29) is 12.1 Å². The van der Waals surface area contributed by atoms with Crippen LogP contribution in [0.1, 0.15) is 11.1 Å². The van der Waals surface area contributed by atoms with Gasteiger partial charge in [-0.05, 0) is 11.6 Å². The van der Waals surface area contributed by atoms with Crippen LogP contribution in [0.25, 0.3) is 0 Å². The number of alkyl halides is 2. The Labute approximate surface area is 109 Å². The lowest BCUT2D eigenvalue weighted by atomic mass is 10.1. The molecule has 19 heavy (non-hydrogen) atoms. The first kappa shape index (κ1) is 11.8. The van der Waals surface area contributed by atoms with Crippen molar-refractivity contribution in [2.75, 3.05) is 4.90 Å². The normalized spacial score (nSPS) is 16.5. The minimum atomic E-state index is -3.43. The van der Waals surface area contributed by atoms with Crippen molar-refractivity contribution in [3.05, 3.63) is 65.7 Å². The maximum absolute atomic E-state index is 13.9. The van der Waals surface area contributed by atoms with Gasteiger partial charge in [-0.15, -0.1) is 0 Å².